The first-order valence-electron chi connectivity index (χ1n) is 12.5. The molecule has 9 nitrogen and oxygen atoms in total. The van der Waals surface area contributed by atoms with Crippen LogP contribution < -0.4 is 5.06 Å². The third kappa shape index (κ3) is 6.28. The third-order valence-corrected chi connectivity index (χ3v) is 8.33. The van der Waals surface area contributed by atoms with Crippen LogP contribution in [0.5, 0.6) is 0 Å². The zero-order valence-electron chi connectivity index (χ0n) is 21.9. The lowest BCUT2D eigenvalue weighted by Crippen LogP contribution is -2.55. The Kier molecular flexibility index (Phi) is 9.59. The molecule has 1 saturated heterocycles. The number of carbonyl (C=O) groups is 2. The topological polar surface area (TPSA) is 108 Å². The van der Waals surface area contributed by atoms with Gasteiger partial charge in [0.25, 0.3) is 0 Å². The minimum Gasteiger partial charge on any atom is -0.479 e. The maximum Gasteiger partial charge on any atom is 0.336 e. The highest BCUT2D eigenvalue weighted by molar-refractivity contribution is 8.00. The number of benzene rings is 2. The van der Waals surface area contributed by atoms with Crippen molar-refractivity contribution in [2.24, 2.45) is 0 Å². The maximum absolute atomic E-state index is 13.4. The van der Waals surface area contributed by atoms with Crippen molar-refractivity contribution < 1.29 is 24.3 Å². The second-order valence-corrected chi connectivity index (χ2v) is 11.3. The number of hydrogen-bond donors (Lipinski definition) is 2. The summed E-state index contributed by atoms with van der Waals surface area (Å²) < 4.78 is 4.78. The number of rotatable bonds is 12. The van der Waals surface area contributed by atoms with E-state index in [0.717, 1.165) is 41.9 Å². The molecule has 2 N–H and O–H groups in total. The molecule has 0 unspecified atom stereocenters. The van der Waals surface area contributed by atoms with Crippen LogP contribution in [0.15, 0.2) is 53.4 Å². The molecule has 1 aliphatic heterocycles. The van der Waals surface area contributed by atoms with Crippen LogP contribution >= 0.6 is 23.5 Å². The SMILES string of the molecule is COC(=O)CSc1cccc([C@@](CCSC)(C(=O)O)N(OC2CCN(C)CC2)c2nc3ccccc3[nH]2)c1. The molecule has 204 valence electrons. The van der Waals surface area contributed by atoms with Crippen molar-refractivity contribution in [1.82, 2.24) is 14.9 Å². The van der Waals surface area contributed by atoms with Gasteiger partial charge in [0.1, 0.15) is 0 Å². The summed E-state index contributed by atoms with van der Waals surface area (Å²) in [6, 6.07) is 14.9. The molecule has 0 radical (unpaired) electrons. The normalized spacial score (nSPS) is 16.3. The molecule has 1 fully saturated rings. The quantitative estimate of drug-likeness (QED) is 0.189. The molecule has 1 aromatic heterocycles. The lowest BCUT2D eigenvalue weighted by molar-refractivity contribution is -0.151. The first kappa shape index (κ1) is 28.3. The van der Waals surface area contributed by atoms with Crippen LogP contribution in [0.3, 0.4) is 0 Å². The summed E-state index contributed by atoms with van der Waals surface area (Å²) in [5, 5.41) is 12.5. The molecule has 0 aliphatic carbocycles. The summed E-state index contributed by atoms with van der Waals surface area (Å²) in [7, 11) is 3.42. The molecule has 2 aromatic carbocycles. The number of anilines is 1. The second-order valence-electron chi connectivity index (χ2n) is 9.28. The number of carbonyl (C=O) groups excluding carboxylic acids is 1. The van der Waals surface area contributed by atoms with Crippen LogP contribution in [0.4, 0.5) is 5.95 Å². The van der Waals surface area contributed by atoms with Crippen molar-refractivity contribution in [1.29, 1.82) is 0 Å². The second kappa shape index (κ2) is 12.9. The molecular formula is C27H34N4O5S2. The van der Waals surface area contributed by atoms with Gasteiger partial charge in [0, 0.05) is 18.0 Å². The molecular weight excluding hydrogens is 524 g/mol. The summed E-state index contributed by atoms with van der Waals surface area (Å²) in [5.41, 5.74) is 0.515. The molecule has 38 heavy (non-hydrogen) atoms. The van der Waals surface area contributed by atoms with E-state index >= 15 is 0 Å². The molecule has 1 atom stereocenters. The molecule has 2 heterocycles. The zero-order chi connectivity index (χ0) is 27.1. The number of carboxylic acid groups (broad SMARTS) is 1. The number of imidazole rings is 1. The van der Waals surface area contributed by atoms with Gasteiger partial charge in [-0.15, -0.1) is 11.8 Å². The van der Waals surface area contributed by atoms with Crippen molar-refractivity contribution in [2.45, 2.75) is 35.8 Å². The fraction of sp³-hybridized carbons (Fsp3) is 0.444. The molecule has 4 rings (SSSR count). The Balaban J connectivity index is 1.83. The number of methoxy groups -OCH3 is 1. The number of likely N-dealkylation sites (tertiary alicyclic amines) is 1. The molecule has 0 saturated carbocycles. The van der Waals surface area contributed by atoms with Crippen molar-refractivity contribution in [2.75, 3.05) is 50.1 Å². The number of aliphatic carboxylic acids is 1. The lowest BCUT2D eigenvalue weighted by Gasteiger charge is -2.42. The average Bonchev–Trinajstić information content (AvgIpc) is 3.36. The van der Waals surface area contributed by atoms with Crippen LogP contribution in [-0.2, 0) is 24.7 Å². The highest BCUT2D eigenvalue weighted by Gasteiger charge is 2.49. The van der Waals surface area contributed by atoms with Gasteiger partial charge in [-0.3, -0.25) is 9.63 Å². The molecule has 0 spiro atoms. The number of nitrogens with one attached hydrogen (secondary N) is 1. The predicted octanol–water partition coefficient (Wildman–Crippen LogP) is 4.39. The zero-order valence-corrected chi connectivity index (χ0v) is 23.5. The number of fused-ring (bicyclic) bond motifs is 1. The average molecular weight is 559 g/mol. The van der Waals surface area contributed by atoms with E-state index in [0.29, 0.717) is 17.3 Å². The first-order chi connectivity index (χ1) is 18.4. The third-order valence-electron chi connectivity index (χ3n) is 6.75. The van der Waals surface area contributed by atoms with E-state index in [-0.39, 0.29) is 24.2 Å². The van der Waals surface area contributed by atoms with E-state index in [1.807, 2.05) is 54.8 Å². The van der Waals surface area contributed by atoms with Crippen LogP contribution in [-0.4, -0.2) is 83.0 Å². The minimum atomic E-state index is -1.57. The number of aromatic amines is 1. The van der Waals surface area contributed by atoms with Gasteiger partial charge in [-0.05, 0) is 68.1 Å². The number of esters is 1. The van der Waals surface area contributed by atoms with Crippen LogP contribution in [0.2, 0.25) is 0 Å². The van der Waals surface area contributed by atoms with Gasteiger partial charge in [-0.25, -0.2) is 9.78 Å². The number of para-hydroxylation sites is 2. The predicted molar refractivity (Wildman–Crippen MR) is 152 cm³/mol. The number of nitrogens with zero attached hydrogens (tertiary/aromatic N) is 3. The highest BCUT2D eigenvalue weighted by Crippen LogP contribution is 2.40. The molecule has 0 bridgehead atoms. The van der Waals surface area contributed by atoms with Gasteiger partial charge in [0.05, 0.1) is 30.0 Å². The Hall–Kier alpha value is -2.73. The summed E-state index contributed by atoms with van der Waals surface area (Å²) in [5.74, 6) is -0.318. The van der Waals surface area contributed by atoms with E-state index < -0.39 is 11.5 Å². The minimum absolute atomic E-state index is 0.129. The van der Waals surface area contributed by atoms with Gasteiger partial charge in [0.15, 0.2) is 5.54 Å². The largest absolute Gasteiger partial charge is 0.479 e. The molecule has 3 aromatic rings. The lowest BCUT2D eigenvalue weighted by atomic mass is 9.86. The smallest absolute Gasteiger partial charge is 0.336 e. The molecule has 0 amide bonds. The van der Waals surface area contributed by atoms with E-state index in [9.17, 15) is 14.7 Å². The molecule has 11 heteroatoms. The number of thioether (sulfide) groups is 2. The summed E-state index contributed by atoms with van der Waals surface area (Å²) in [4.78, 5) is 42.9. The van der Waals surface area contributed by atoms with Gasteiger partial charge < -0.3 is 19.7 Å². The summed E-state index contributed by atoms with van der Waals surface area (Å²) in [6.45, 7) is 1.73. The number of hydrogen-bond acceptors (Lipinski definition) is 9. The van der Waals surface area contributed by atoms with Gasteiger partial charge in [-0.1, -0.05) is 24.3 Å². The summed E-state index contributed by atoms with van der Waals surface area (Å²) >= 11 is 2.88. The van der Waals surface area contributed by atoms with E-state index in [2.05, 4.69) is 16.9 Å². The Bertz CT molecular complexity index is 1210. The monoisotopic (exact) mass is 558 g/mol. The van der Waals surface area contributed by atoms with Crippen LogP contribution in [0, 0.1) is 0 Å². The number of ether oxygens (including phenoxy) is 1. The van der Waals surface area contributed by atoms with Crippen molar-refractivity contribution >= 4 is 52.4 Å². The summed E-state index contributed by atoms with van der Waals surface area (Å²) in [6.07, 6.45) is 3.63. The van der Waals surface area contributed by atoms with Gasteiger partial charge >= 0.3 is 11.9 Å². The van der Waals surface area contributed by atoms with Gasteiger partial charge in [-0.2, -0.15) is 16.8 Å². The van der Waals surface area contributed by atoms with Crippen LogP contribution in [0.25, 0.3) is 11.0 Å². The molecule has 1 aliphatic rings. The van der Waals surface area contributed by atoms with Crippen molar-refractivity contribution in [3.05, 3.63) is 54.1 Å². The van der Waals surface area contributed by atoms with E-state index in [4.69, 9.17) is 14.6 Å². The highest BCUT2D eigenvalue weighted by atomic mass is 32.2. The van der Waals surface area contributed by atoms with Crippen LogP contribution in [0.1, 0.15) is 24.8 Å². The maximum atomic E-state index is 13.4. The fourth-order valence-corrected chi connectivity index (χ4v) is 5.86. The number of hydroxylamine groups is 1. The number of carboxylic acids is 1. The van der Waals surface area contributed by atoms with E-state index in [1.165, 1.54) is 23.9 Å². The van der Waals surface area contributed by atoms with Gasteiger partial charge in [0.2, 0.25) is 5.95 Å². The Morgan fingerprint density at radius 1 is 1.21 bits per heavy atom. The van der Waals surface area contributed by atoms with Crippen molar-refractivity contribution in [3.8, 4) is 0 Å². The Labute approximate surface area is 231 Å². The standard InChI is InChI=1S/C27H34N4O5S2/c1-30-14-11-20(12-15-30)36-31(26-28-22-9-4-5-10-23(22)29-26)27(25(33)34,13-16-37-3)19-7-6-8-21(17-19)38-18-24(32)35-2/h4-10,17,20H,11-16,18H2,1-3H3,(H,28,29)(H,33,34)/t27-/m0/s1. The first-order valence-corrected chi connectivity index (χ1v) is 14.9. The Morgan fingerprint density at radius 3 is 2.66 bits per heavy atom. The number of aromatic nitrogens is 2. The Morgan fingerprint density at radius 2 is 1.97 bits per heavy atom. The van der Waals surface area contributed by atoms with Crippen molar-refractivity contribution in [3.63, 3.8) is 0 Å². The fourth-order valence-electron chi connectivity index (χ4n) is 4.57. The van der Waals surface area contributed by atoms with E-state index in [1.54, 1.807) is 11.8 Å². The number of H-pyrrole nitrogens is 1. The number of piperidine rings is 1.